The number of hydrogen-bond donors (Lipinski definition) is 1. The van der Waals surface area contributed by atoms with Gasteiger partial charge in [0.05, 0.1) is 0 Å². The number of rotatable bonds is 3. The first kappa shape index (κ1) is 15.8. The van der Waals surface area contributed by atoms with Crippen LogP contribution in [-0.2, 0) is 0 Å². The quantitative estimate of drug-likeness (QED) is 0.870. The molecule has 4 nitrogen and oxygen atoms in total. The summed E-state index contributed by atoms with van der Waals surface area (Å²) >= 11 is 0. The molecule has 1 heterocycles. The third kappa shape index (κ3) is 4.46. The standard InChI is InChI=1S/C15H21N3O.C2H6/c16-14-5-3-13(4-6-14)15(19)18-9-7-17(8-10-18)11-12-1-2-12;1-2/h3-6,12H,1-2,7-11,16H2;1-2H3. The molecule has 1 amide bonds. The molecule has 1 aromatic carbocycles. The number of carbonyl (C=O) groups excluding carboxylic acids is 1. The van der Waals surface area contributed by atoms with E-state index in [0.717, 1.165) is 37.7 Å². The van der Waals surface area contributed by atoms with E-state index in [1.165, 1.54) is 19.4 Å². The number of nitrogen functional groups attached to an aromatic ring is 1. The molecule has 3 rings (SSSR count). The molecule has 1 saturated carbocycles. The Labute approximate surface area is 127 Å². The van der Waals surface area contributed by atoms with Gasteiger partial charge in [-0.05, 0) is 43.0 Å². The summed E-state index contributed by atoms with van der Waals surface area (Å²) in [6, 6.07) is 7.20. The molecule has 1 aliphatic carbocycles. The van der Waals surface area contributed by atoms with Crippen molar-refractivity contribution < 1.29 is 4.79 Å². The number of piperazine rings is 1. The maximum absolute atomic E-state index is 12.3. The van der Waals surface area contributed by atoms with Crippen molar-refractivity contribution in [2.75, 3.05) is 38.5 Å². The molecule has 0 unspecified atom stereocenters. The average molecular weight is 289 g/mol. The van der Waals surface area contributed by atoms with Gasteiger partial charge in [0.2, 0.25) is 0 Å². The molecule has 1 aromatic rings. The van der Waals surface area contributed by atoms with Gasteiger partial charge in [0.15, 0.2) is 0 Å². The minimum Gasteiger partial charge on any atom is -0.399 e. The first-order chi connectivity index (χ1) is 10.2. The number of nitrogens with two attached hydrogens (primary N) is 1. The lowest BCUT2D eigenvalue weighted by Crippen LogP contribution is -2.49. The Morgan fingerprint density at radius 2 is 1.67 bits per heavy atom. The van der Waals surface area contributed by atoms with Gasteiger partial charge >= 0.3 is 0 Å². The molecule has 1 aliphatic heterocycles. The lowest BCUT2D eigenvalue weighted by atomic mass is 10.1. The monoisotopic (exact) mass is 289 g/mol. The number of benzene rings is 1. The highest BCUT2D eigenvalue weighted by Gasteiger charge is 2.27. The van der Waals surface area contributed by atoms with Crippen molar-refractivity contribution in [1.29, 1.82) is 0 Å². The number of nitrogens with zero attached hydrogens (tertiary/aromatic N) is 2. The van der Waals surface area contributed by atoms with Crippen molar-refractivity contribution in [3.63, 3.8) is 0 Å². The van der Waals surface area contributed by atoms with Gasteiger partial charge < -0.3 is 10.6 Å². The zero-order chi connectivity index (χ0) is 15.2. The summed E-state index contributed by atoms with van der Waals surface area (Å²) in [5, 5.41) is 0. The van der Waals surface area contributed by atoms with Gasteiger partial charge in [-0.2, -0.15) is 0 Å². The van der Waals surface area contributed by atoms with Crippen LogP contribution in [0.2, 0.25) is 0 Å². The summed E-state index contributed by atoms with van der Waals surface area (Å²) in [5.41, 5.74) is 7.08. The molecule has 21 heavy (non-hydrogen) atoms. The van der Waals surface area contributed by atoms with Crippen LogP contribution in [0.5, 0.6) is 0 Å². The predicted molar refractivity (Wildman–Crippen MR) is 87.3 cm³/mol. The maximum Gasteiger partial charge on any atom is 0.253 e. The second-order valence-corrected chi connectivity index (χ2v) is 5.66. The number of carbonyl (C=O) groups is 1. The van der Waals surface area contributed by atoms with Gasteiger partial charge in [-0.3, -0.25) is 9.69 Å². The molecule has 0 aromatic heterocycles. The summed E-state index contributed by atoms with van der Waals surface area (Å²) in [4.78, 5) is 16.8. The zero-order valence-electron chi connectivity index (χ0n) is 13.2. The highest BCUT2D eigenvalue weighted by Crippen LogP contribution is 2.29. The minimum atomic E-state index is 0.131. The fourth-order valence-electron chi connectivity index (χ4n) is 2.61. The van der Waals surface area contributed by atoms with E-state index < -0.39 is 0 Å². The van der Waals surface area contributed by atoms with Crippen LogP contribution in [0, 0.1) is 5.92 Å². The molecular weight excluding hydrogens is 262 g/mol. The Kier molecular flexibility index (Phi) is 5.62. The number of hydrogen-bond acceptors (Lipinski definition) is 3. The first-order valence-electron chi connectivity index (χ1n) is 8.09. The summed E-state index contributed by atoms with van der Waals surface area (Å²) < 4.78 is 0. The van der Waals surface area contributed by atoms with Gasteiger partial charge in [-0.25, -0.2) is 0 Å². The maximum atomic E-state index is 12.3. The van der Waals surface area contributed by atoms with Crippen molar-refractivity contribution in [2.24, 2.45) is 5.92 Å². The molecule has 116 valence electrons. The third-order valence-corrected chi connectivity index (χ3v) is 4.03. The second-order valence-electron chi connectivity index (χ2n) is 5.66. The molecule has 2 N–H and O–H groups in total. The van der Waals surface area contributed by atoms with E-state index in [-0.39, 0.29) is 5.91 Å². The molecule has 2 aliphatic rings. The summed E-state index contributed by atoms with van der Waals surface area (Å²) in [6.45, 7) is 8.93. The largest absolute Gasteiger partial charge is 0.399 e. The number of amides is 1. The van der Waals surface area contributed by atoms with Crippen LogP contribution in [0.15, 0.2) is 24.3 Å². The van der Waals surface area contributed by atoms with E-state index in [1.54, 1.807) is 12.1 Å². The van der Waals surface area contributed by atoms with Gasteiger partial charge in [0, 0.05) is 44.0 Å². The molecule has 0 bridgehead atoms. The second kappa shape index (κ2) is 7.46. The van der Waals surface area contributed by atoms with Gasteiger partial charge in [-0.15, -0.1) is 0 Å². The van der Waals surface area contributed by atoms with E-state index >= 15 is 0 Å². The van der Waals surface area contributed by atoms with Gasteiger partial charge in [0.25, 0.3) is 5.91 Å². The molecular formula is C17H27N3O. The van der Waals surface area contributed by atoms with Crippen LogP contribution < -0.4 is 5.73 Å². The lowest BCUT2D eigenvalue weighted by Gasteiger charge is -2.34. The van der Waals surface area contributed by atoms with Crippen molar-refractivity contribution >= 4 is 11.6 Å². The first-order valence-corrected chi connectivity index (χ1v) is 8.09. The SMILES string of the molecule is CC.Nc1ccc(C(=O)N2CCN(CC3CC3)CC2)cc1. The molecule has 0 radical (unpaired) electrons. The minimum absolute atomic E-state index is 0.131. The lowest BCUT2D eigenvalue weighted by molar-refractivity contribution is 0.0632. The third-order valence-electron chi connectivity index (χ3n) is 4.03. The molecule has 0 spiro atoms. The summed E-state index contributed by atoms with van der Waals surface area (Å²) in [6.07, 6.45) is 2.79. The highest BCUT2D eigenvalue weighted by atomic mass is 16.2. The molecule has 4 heteroatoms. The van der Waals surface area contributed by atoms with Crippen molar-refractivity contribution in [2.45, 2.75) is 26.7 Å². The summed E-state index contributed by atoms with van der Waals surface area (Å²) in [5.74, 6) is 1.06. The smallest absolute Gasteiger partial charge is 0.253 e. The summed E-state index contributed by atoms with van der Waals surface area (Å²) in [7, 11) is 0. The Morgan fingerprint density at radius 3 is 2.19 bits per heavy atom. The van der Waals surface area contributed by atoms with Crippen molar-refractivity contribution in [3.8, 4) is 0 Å². The van der Waals surface area contributed by atoms with Crippen LogP contribution >= 0.6 is 0 Å². The van der Waals surface area contributed by atoms with Crippen LogP contribution in [-0.4, -0.2) is 48.4 Å². The van der Waals surface area contributed by atoms with E-state index in [9.17, 15) is 4.79 Å². The van der Waals surface area contributed by atoms with Crippen molar-refractivity contribution in [1.82, 2.24) is 9.80 Å². The Hall–Kier alpha value is -1.55. The molecule has 0 atom stereocenters. The highest BCUT2D eigenvalue weighted by molar-refractivity contribution is 5.94. The van der Waals surface area contributed by atoms with E-state index in [4.69, 9.17) is 5.73 Å². The fourth-order valence-corrected chi connectivity index (χ4v) is 2.61. The fraction of sp³-hybridized carbons (Fsp3) is 0.588. The topological polar surface area (TPSA) is 49.6 Å². The Bertz CT molecular complexity index is 446. The van der Waals surface area contributed by atoms with E-state index in [1.807, 2.05) is 30.9 Å². The Balaban J connectivity index is 0.000000774. The van der Waals surface area contributed by atoms with Crippen LogP contribution in [0.1, 0.15) is 37.0 Å². The van der Waals surface area contributed by atoms with E-state index in [2.05, 4.69) is 4.90 Å². The normalized spacial score (nSPS) is 18.9. The van der Waals surface area contributed by atoms with Gasteiger partial charge in [-0.1, -0.05) is 13.8 Å². The average Bonchev–Trinajstić information content (AvgIpc) is 3.34. The Morgan fingerprint density at radius 1 is 1.10 bits per heavy atom. The predicted octanol–water partition coefficient (Wildman–Crippen LogP) is 2.46. The molecule has 1 saturated heterocycles. The van der Waals surface area contributed by atoms with E-state index in [0.29, 0.717) is 5.69 Å². The van der Waals surface area contributed by atoms with Crippen LogP contribution in [0.25, 0.3) is 0 Å². The van der Waals surface area contributed by atoms with Crippen molar-refractivity contribution in [3.05, 3.63) is 29.8 Å². The van der Waals surface area contributed by atoms with Gasteiger partial charge in [0.1, 0.15) is 0 Å². The van der Waals surface area contributed by atoms with Crippen LogP contribution in [0.3, 0.4) is 0 Å². The van der Waals surface area contributed by atoms with Crippen LogP contribution in [0.4, 0.5) is 5.69 Å². The molecule has 2 fully saturated rings. The zero-order valence-corrected chi connectivity index (χ0v) is 13.2. The number of anilines is 1.